The Hall–Kier alpha value is -0.280. The van der Waals surface area contributed by atoms with Crippen molar-refractivity contribution < 1.29 is 30.0 Å². The second-order valence-corrected chi connectivity index (χ2v) is 11.0. The lowest BCUT2D eigenvalue weighted by Crippen LogP contribution is -2.36. The summed E-state index contributed by atoms with van der Waals surface area (Å²) in [5, 5.41) is 0. The summed E-state index contributed by atoms with van der Waals surface area (Å²) in [6.07, 6.45) is 2.03. The normalized spacial score (nSPS) is 18.4. The maximum Gasteiger partial charge on any atom is 0.523 e. The fourth-order valence-corrected chi connectivity index (χ4v) is 5.33. The Balaban J connectivity index is 5.45. The van der Waals surface area contributed by atoms with E-state index in [2.05, 4.69) is 3.63 Å². The van der Waals surface area contributed by atoms with Crippen LogP contribution in [0.3, 0.4) is 0 Å². The van der Waals surface area contributed by atoms with Crippen molar-refractivity contribution in [3.8, 4) is 0 Å². The molecule has 0 radical (unpaired) electrons. The Bertz CT molecular complexity index is 451. The molecule has 4 nitrogen and oxygen atoms in total. The highest BCUT2D eigenvalue weighted by atomic mass is 32.3. The molecule has 0 amide bonds. The molecule has 0 aliphatic carbocycles. The summed E-state index contributed by atoms with van der Waals surface area (Å²) in [6, 6.07) is 0. The highest BCUT2D eigenvalue weighted by molar-refractivity contribution is 8.33. The zero-order valence-electron chi connectivity index (χ0n) is 12.2. The molecule has 0 saturated carbocycles. The van der Waals surface area contributed by atoms with E-state index in [1.54, 1.807) is 27.7 Å². The van der Waals surface area contributed by atoms with E-state index in [0.29, 0.717) is 6.42 Å². The van der Waals surface area contributed by atoms with E-state index in [-0.39, 0.29) is 18.0 Å². The van der Waals surface area contributed by atoms with Gasteiger partial charge in [-0.2, -0.15) is 21.6 Å². The van der Waals surface area contributed by atoms with Crippen LogP contribution in [-0.2, 0) is 18.5 Å². The average Bonchev–Trinajstić information content (AvgIpc) is 2.12. The second-order valence-electron chi connectivity index (χ2n) is 5.52. The van der Waals surface area contributed by atoms with Crippen LogP contribution >= 0.6 is 10.3 Å². The third kappa shape index (κ3) is 4.92. The quantitative estimate of drug-likeness (QED) is 0.697. The predicted octanol–water partition coefficient (Wildman–Crippen LogP) is 3.37. The molecule has 9 heteroatoms. The van der Waals surface area contributed by atoms with E-state index in [4.69, 9.17) is 0 Å². The highest BCUT2D eigenvalue weighted by Gasteiger charge is 2.52. The van der Waals surface area contributed by atoms with Crippen LogP contribution in [0.25, 0.3) is 0 Å². The van der Waals surface area contributed by atoms with Crippen molar-refractivity contribution in [2.24, 2.45) is 0 Å². The van der Waals surface area contributed by atoms with Crippen LogP contribution in [0.5, 0.6) is 0 Å². The number of carbonyl (C=O) groups is 1. The molecule has 20 heavy (non-hydrogen) atoms. The van der Waals surface area contributed by atoms with Crippen molar-refractivity contribution in [2.75, 3.05) is 12.0 Å². The van der Waals surface area contributed by atoms with Crippen LogP contribution in [0.1, 0.15) is 40.5 Å². The van der Waals surface area contributed by atoms with Gasteiger partial charge in [-0.3, -0.25) is 4.79 Å². The van der Waals surface area contributed by atoms with Gasteiger partial charge in [-0.05, 0) is 12.7 Å². The van der Waals surface area contributed by atoms with E-state index in [9.17, 15) is 26.4 Å². The maximum absolute atomic E-state index is 12.5. The van der Waals surface area contributed by atoms with Crippen LogP contribution in [0.4, 0.5) is 13.2 Å². The van der Waals surface area contributed by atoms with E-state index in [1.807, 2.05) is 0 Å². The number of rotatable bonds is 6. The molecule has 0 aliphatic rings. The van der Waals surface area contributed by atoms with Gasteiger partial charge in [-0.25, -0.2) is 3.63 Å². The number of halogens is 3. The van der Waals surface area contributed by atoms with Gasteiger partial charge in [0.25, 0.3) is 0 Å². The summed E-state index contributed by atoms with van der Waals surface area (Å²) in [5.41, 5.74) is -5.49. The topological polar surface area (TPSA) is 60.4 Å². The van der Waals surface area contributed by atoms with Crippen LogP contribution in [0.15, 0.2) is 0 Å². The van der Waals surface area contributed by atoms with E-state index < -0.39 is 30.7 Å². The van der Waals surface area contributed by atoms with Gasteiger partial charge in [-0.15, -0.1) is 10.3 Å². The largest absolute Gasteiger partial charge is 0.523 e. The summed E-state index contributed by atoms with van der Waals surface area (Å²) in [5.74, 6) is -0.600. The lowest BCUT2D eigenvalue weighted by Gasteiger charge is -2.45. The Kier molecular flexibility index (Phi) is 6.14. The number of carbonyl (C=O) groups excluding carboxylic acids is 1. The zero-order valence-corrected chi connectivity index (χ0v) is 13.8. The number of hydrogen-bond donors (Lipinski definition) is 0. The molecule has 0 saturated heterocycles. The SMILES string of the molecule is CCCC(=O)CS(C)(OS(=O)(=O)C(F)(F)F)C(C)(C)C. The van der Waals surface area contributed by atoms with Gasteiger partial charge in [0.15, 0.2) is 0 Å². The Labute approximate surface area is 119 Å². The molecule has 0 aliphatic heterocycles. The van der Waals surface area contributed by atoms with Gasteiger partial charge >= 0.3 is 15.6 Å². The molecule has 0 aromatic carbocycles. The number of Topliss-reactive ketones (excluding diaryl/α,β-unsaturated/α-hetero) is 1. The van der Waals surface area contributed by atoms with Gasteiger partial charge in [0.1, 0.15) is 5.78 Å². The molecule has 0 heterocycles. The molecule has 0 rings (SSSR count). The van der Waals surface area contributed by atoms with Gasteiger partial charge in [0, 0.05) is 11.2 Å². The van der Waals surface area contributed by atoms with Gasteiger partial charge in [0.05, 0.1) is 5.75 Å². The van der Waals surface area contributed by atoms with Gasteiger partial charge in [-0.1, -0.05) is 27.7 Å². The summed E-state index contributed by atoms with van der Waals surface area (Å²) in [4.78, 5) is 11.7. The minimum Gasteiger partial charge on any atom is -0.299 e. The first kappa shape index (κ1) is 19.7. The molecule has 1 unspecified atom stereocenters. The van der Waals surface area contributed by atoms with Crippen LogP contribution in [-0.4, -0.2) is 36.5 Å². The van der Waals surface area contributed by atoms with Crippen molar-refractivity contribution in [1.82, 2.24) is 0 Å². The zero-order chi connectivity index (χ0) is 16.4. The van der Waals surface area contributed by atoms with Crippen molar-refractivity contribution in [2.45, 2.75) is 50.8 Å². The summed E-state index contributed by atoms with van der Waals surface area (Å²) >= 11 is 0. The monoisotopic (exact) mass is 338 g/mol. The van der Waals surface area contributed by atoms with E-state index in [0.717, 1.165) is 0 Å². The first-order valence-electron chi connectivity index (χ1n) is 5.96. The Morgan fingerprint density at radius 2 is 1.60 bits per heavy atom. The standard InChI is InChI=1S/C11H21F3O4S2/c1-6-7-9(15)8-19(5,10(2,3)4)18-20(16,17)11(12,13)14/h6-8H2,1-5H3. The lowest BCUT2D eigenvalue weighted by molar-refractivity contribution is -0.116. The number of alkyl halides is 3. The van der Waals surface area contributed by atoms with Gasteiger partial charge < -0.3 is 0 Å². The molecule has 0 N–H and O–H groups in total. The summed E-state index contributed by atoms with van der Waals surface area (Å²) in [6.45, 7) is 6.45. The highest BCUT2D eigenvalue weighted by Crippen LogP contribution is 2.59. The molecule has 122 valence electrons. The first-order chi connectivity index (χ1) is 8.66. The first-order valence-corrected chi connectivity index (χ1v) is 9.50. The Morgan fingerprint density at radius 3 is 1.90 bits per heavy atom. The summed E-state index contributed by atoms with van der Waals surface area (Å²) < 4.78 is 63.4. The Morgan fingerprint density at radius 1 is 1.15 bits per heavy atom. The fourth-order valence-electron chi connectivity index (χ4n) is 1.24. The van der Waals surface area contributed by atoms with Crippen molar-refractivity contribution >= 4 is 26.2 Å². The molecule has 0 spiro atoms. The van der Waals surface area contributed by atoms with Crippen molar-refractivity contribution in [3.63, 3.8) is 0 Å². The molecule has 0 bridgehead atoms. The molecule has 0 aromatic rings. The third-order valence-electron chi connectivity index (χ3n) is 2.78. The maximum atomic E-state index is 12.5. The number of hydrogen-bond acceptors (Lipinski definition) is 4. The second kappa shape index (κ2) is 6.23. The smallest absolute Gasteiger partial charge is 0.299 e. The third-order valence-corrected chi connectivity index (χ3v) is 8.73. The predicted molar refractivity (Wildman–Crippen MR) is 74.1 cm³/mol. The summed E-state index contributed by atoms with van der Waals surface area (Å²) in [7, 11) is -8.49. The minimum atomic E-state index is -5.71. The molecule has 0 fully saturated rings. The van der Waals surface area contributed by atoms with Crippen LogP contribution in [0.2, 0.25) is 0 Å². The van der Waals surface area contributed by atoms with E-state index in [1.165, 1.54) is 6.26 Å². The minimum absolute atomic E-state index is 0.189. The van der Waals surface area contributed by atoms with Crippen LogP contribution < -0.4 is 0 Å². The van der Waals surface area contributed by atoms with Crippen molar-refractivity contribution in [1.29, 1.82) is 0 Å². The van der Waals surface area contributed by atoms with Gasteiger partial charge in [0.2, 0.25) is 0 Å². The lowest BCUT2D eigenvalue weighted by atomic mass is 10.2. The molecular weight excluding hydrogens is 317 g/mol. The average molecular weight is 338 g/mol. The number of ketones is 1. The molecular formula is C11H21F3O4S2. The van der Waals surface area contributed by atoms with Crippen molar-refractivity contribution in [3.05, 3.63) is 0 Å². The fraction of sp³-hybridized carbons (Fsp3) is 0.909. The molecule has 1 atom stereocenters. The van der Waals surface area contributed by atoms with Crippen LogP contribution in [0, 0.1) is 0 Å². The van der Waals surface area contributed by atoms with E-state index >= 15 is 0 Å². The molecule has 0 aromatic heterocycles.